The number of rotatable bonds is 7. The number of aryl methyl sites for hydroxylation is 2. The van der Waals surface area contributed by atoms with E-state index in [2.05, 4.69) is 15.5 Å². The molecular formula is C20H19FN4O3. The number of benzene rings is 2. The first kappa shape index (κ1) is 19.1. The molecule has 2 aromatic carbocycles. The van der Waals surface area contributed by atoms with Gasteiger partial charge in [-0.2, -0.15) is 4.99 Å². The molecule has 0 unspecified atom stereocenters. The zero-order valence-corrected chi connectivity index (χ0v) is 14.9. The van der Waals surface area contributed by atoms with Crippen LogP contribution in [-0.4, -0.2) is 28.7 Å². The molecule has 3 rings (SSSR count). The molecule has 0 saturated heterocycles. The Balaban J connectivity index is 1.58. The van der Waals surface area contributed by atoms with Gasteiger partial charge < -0.3 is 20.7 Å². The van der Waals surface area contributed by atoms with E-state index in [1.807, 2.05) is 24.3 Å². The minimum Gasteiger partial charge on any atom is -0.480 e. The van der Waals surface area contributed by atoms with Crippen molar-refractivity contribution >= 4 is 17.8 Å². The number of guanidine groups is 1. The average molecular weight is 382 g/mol. The van der Waals surface area contributed by atoms with Crippen molar-refractivity contribution in [3.05, 3.63) is 71.7 Å². The fourth-order valence-electron chi connectivity index (χ4n) is 2.61. The third-order valence-electron chi connectivity index (χ3n) is 4.01. The van der Waals surface area contributed by atoms with Crippen molar-refractivity contribution in [2.45, 2.75) is 12.8 Å². The molecule has 0 saturated carbocycles. The minimum atomic E-state index is -1.04. The predicted octanol–water partition coefficient (Wildman–Crippen LogP) is 2.89. The summed E-state index contributed by atoms with van der Waals surface area (Å²) in [6, 6.07) is 16.0. The van der Waals surface area contributed by atoms with Crippen LogP contribution in [0.15, 0.2) is 64.1 Å². The van der Waals surface area contributed by atoms with E-state index < -0.39 is 5.97 Å². The molecular weight excluding hydrogens is 363 g/mol. The normalized spacial score (nSPS) is 11.4. The van der Waals surface area contributed by atoms with Crippen LogP contribution < -0.4 is 11.1 Å². The summed E-state index contributed by atoms with van der Waals surface area (Å²) in [5.41, 5.74) is 8.73. The van der Waals surface area contributed by atoms with Crippen LogP contribution in [0.1, 0.15) is 11.3 Å². The maximum Gasteiger partial charge on any atom is 0.322 e. The summed E-state index contributed by atoms with van der Waals surface area (Å²) < 4.78 is 18.9. The molecule has 1 aromatic heterocycles. The Hall–Kier alpha value is -3.68. The van der Waals surface area contributed by atoms with E-state index in [0.717, 1.165) is 17.5 Å². The van der Waals surface area contributed by atoms with Gasteiger partial charge in [-0.25, -0.2) is 4.39 Å². The lowest BCUT2D eigenvalue weighted by atomic mass is 10.0. The van der Waals surface area contributed by atoms with Crippen molar-refractivity contribution < 1.29 is 18.8 Å². The first-order valence-electron chi connectivity index (χ1n) is 8.60. The summed E-state index contributed by atoms with van der Waals surface area (Å²) in [5, 5.41) is 14.9. The summed E-state index contributed by atoms with van der Waals surface area (Å²) in [6.07, 6.45) is 1.35. The van der Waals surface area contributed by atoms with Gasteiger partial charge in [-0.15, -0.1) is 0 Å². The lowest BCUT2D eigenvalue weighted by Crippen LogP contribution is -2.35. The number of hydrogen-bond acceptors (Lipinski definition) is 4. The Labute approximate surface area is 160 Å². The Morgan fingerprint density at radius 2 is 1.93 bits per heavy atom. The predicted molar refractivity (Wildman–Crippen MR) is 103 cm³/mol. The van der Waals surface area contributed by atoms with Gasteiger partial charge in [0.05, 0.1) is 5.69 Å². The summed E-state index contributed by atoms with van der Waals surface area (Å²) in [7, 11) is 0. The molecule has 0 amide bonds. The largest absolute Gasteiger partial charge is 0.480 e. The minimum absolute atomic E-state index is 0.0613. The topological polar surface area (TPSA) is 114 Å². The first-order valence-corrected chi connectivity index (χ1v) is 8.60. The highest BCUT2D eigenvalue weighted by Crippen LogP contribution is 2.23. The van der Waals surface area contributed by atoms with Gasteiger partial charge in [0.1, 0.15) is 12.4 Å². The molecule has 7 nitrogen and oxygen atoms in total. The van der Waals surface area contributed by atoms with Crippen LogP contribution in [0.4, 0.5) is 10.3 Å². The molecule has 0 aliphatic rings. The number of carboxylic acids is 1. The molecule has 3 aromatic rings. The first-order chi connectivity index (χ1) is 13.5. The second-order valence-corrected chi connectivity index (χ2v) is 6.08. The zero-order chi connectivity index (χ0) is 19.9. The van der Waals surface area contributed by atoms with Crippen molar-refractivity contribution in [3.8, 4) is 11.1 Å². The van der Waals surface area contributed by atoms with Crippen LogP contribution in [0.5, 0.6) is 0 Å². The van der Waals surface area contributed by atoms with Gasteiger partial charge in [0, 0.05) is 11.6 Å². The van der Waals surface area contributed by atoms with Crippen molar-refractivity contribution in [1.29, 1.82) is 0 Å². The highest BCUT2D eigenvalue weighted by molar-refractivity contribution is 5.83. The van der Waals surface area contributed by atoms with Gasteiger partial charge in [0.25, 0.3) is 5.88 Å². The number of halogens is 1. The fraction of sp³-hybridized carbons (Fsp3) is 0.150. The average Bonchev–Trinajstić information content (AvgIpc) is 3.13. The monoisotopic (exact) mass is 382 g/mol. The number of aromatic nitrogens is 1. The molecule has 28 heavy (non-hydrogen) atoms. The third-order valence-corrected chi connectivity index (χ3v) is 4.01. The molecule has 0 aliphatic heterocycles. The number of nitrogens with two attached hydrogens (primary N) is 1. The maximum absolute atomic E-state index is 13.9. The van der Waals surface area contributed by atoms with E-state index in [-0.39, 0.29) is 24.2 Å². The molecule has 0 atom stereocenters. The molecule has 144 valence electrons. The molecule has 8 heteroatoms. The van der Waals surface area contributed by atoms with E-state index in [1.54, 1.807) is 24.3 Å². The maximum atomic E-state index is 13.9. The SMILES string of the molecule is NC(=Nc1cc(CCc2ccc(-c3ccccc3F)cc2)no1)NCC(=O)O. The van der Waals surface area contributed by atoms with Crippen molar-refractivity contribution in [2.24, 2.45) is 10.7 Å². The highest BCUT2D eigenvalue weighted by atomic mass is 19.1. The number of carboxylic acid groups (broad SMARTS) is 1. The Bertz CT molecular complexity index is 983. The van der Waals surface area contributed by atoms with Gasteiger partial charge in [-0.05, 0) is 30.0 Å². The Kier molecular flexibility index (Phi) is 6.01. The molecule has 0 fully saturated rings. The number of hydrogen-bond donors (Lipinski definition) is 3. The summed E-state index contributed by atoms with van der Waals surface area (Å²) in [5.74, 6) is -1.16. The molecule has 0 aliphatic carbocycles. The van der Waals surface area contributed by atoms with Crippen LogP contribution >= 0.6 is 0 Å². The van der Waals surface area contributed by atoms with Crippen molar-refractivity contribution in [2.75, 3.05) is 6.54 Å². The molecule has 4 N–H and O–H groups in total. The Morgan fingerprint density at radius 3 is 2.64 bits per heavy atom. The Morgan fingerprint density at radius 1 is 1.18 bits per heavy atom. The zero-order valence-electron chi connectivity index (χ0n) is 14.9. The third kappa shape index (κ3) is 5.16. The summed E-state index contributed by atoms with van der Waals surface area (Å²) in [6.45, 7) is -0.334. The van der Waals surface area contributed by atoms with Gasteiger partial charge in [0.15, 0.2) is 5.96 Å². The van der Waals surface area contributed by atoms with Gasteiger partial charge in [-0.3, -0.25) is 4.79 Å². The number of nitrogens with one attached hydrogen (secondary N) is 1. The summed E-state index contributed by atoms with van der Waals surface area (Å²) >= 11 is 0. The van der Waals surface area contributed by atoms with Gasteiger partial charge in [-0.1, -0.05) is 47.6 Å². The van der Waals surface area contributed by atoms with E-state index in [9.17, 15) is 9.18 Å². The number of nitrogens with zero attached hydrogens (tertiary/aromatic N) is 2. The second kappa shape index (κ2) is 8.81. The number of carbonyl (C=O) groups is 1. The summed E-state index contributed by atoms with van der Waals surface area (Å²) in [4.78, 5) is 14.4. The standard InChI is InChI=1S/C20H19FN4O3/c21-17-4-2-1-3-16(17)14-8-5-13(6-9-14)7-10-15-11-18(28-25-15)24-20(22)23-12-19(26)27/h1-6,8-9,11H,7,10,12H2,(H,26,27)(H3,22,23,24). The molecule has 0 bridgehead atoms. The quantitative estimate of drug-likeness (QED) is 0.428. The van der Waals surface area contributed by atoms with E-state index in [4.69, 9.17) is 15.4 Å². The smallest absolute Gasteiger partial charge is 0.322 e. The van der Waals surface area contributed by atoms with E-state index >= 15 is 0 Å². The van der Waals surface area contributed by atoms with Gasteiger partial charge in [0.2, 0.25) is 0 Å². The van der Waals surface area contributed by atoms with Crippen molar-refractivity contribution in [3.63, 3.8) is 0 Å². The lowest BCUT2D eigenvalue weighted by Gasteiger charge is -2.05. The molecule has 1 heterocycles. The number of aliphatic imine (C=N–C) groups is 1. The van der Waals surface area contributed by atoms with E-state index in [0.29, 0.717) is 17.7 Å². The van der Waals surface area contributed by atoms with Crippen LogP contribution in [0, 0.1) is 5.82 Å². The van der Waals surface area contributed by atoms with Crippen molar-refractivity contribution in [1.82, 2.24) is 10.5 Å². The van der Waals surface area contributed by atoms with Crippen LogP contribution in [-0.2, 0) is 17.6 Å². The lowest BCUT2D eigenvalue weighted by molar-refractivity contribution is -0.135. The highest BCUT2D eigenvalue weighted by Gasteiger charge is 2.07. The number of aliphatic carboxylic acids is 1. The van der Waals surface area contributed by atoms with E-state index in [1.165, 1.54) is 6.07 Å². The fourth-order valence-corrected chi connectivity index (χ4v) is 2.61. The van der Waals surface area contributed by atoms with Crippen LogP contribution in [0.3, 0.4) is 0 Å². The van der Waals surface area contributed by atoms with Crippen LogP contribution in [0.25, 0.3) is 11.1 Å². The van der Waals surface area contributed by atoms with Crippen LogP contribution in [0.2, 0.25) is 0 Å². The molecule has 0 spiro atoms. The second-order valence-electron chi connectivity index (χ2n) is 6.08. The van der Waals surface area contributed by atoms with Gasteiger partial charge >= 0.3 is 5.97 Å². The molecule has 0 radical (unpaired) electrons.